The summed E-state index contributed by atoms with van der Waals surface area (Å²) in [4.78, 5) is 50.3. The number of benzene rings is 1. The average Bonchev–Trinajstić information content (AvgIpc) is 3.15. The van der Waals surface area contributed by atoms with Gasteiger partial charge in [-0.05, 0) is 30.9 Å². The van der Waals surface area contributed by atoms with E-state index in [1.165, 1.54) is 25.2 Å². The van der Waals surface area contributed by atoms with Crippen LogP contribution < -0.4 is 15.4 Å². The highest BCUT2D eigenvalue weighted by Crippen LogP contribution is 2.32. The number of rotatable bonds is 8. The molecule has 0 aromatic heterocycles. The van der Waals surface area contributed by atoms with Crippen LogP contribution in [0, 0.1) is 5.82 Å². The van der Waals surface area contributed by atoms with Crippen LogP contribution in [0.4, 0.5) is 4.39 Å². The molecule has 9 nitrogen and oxygen atoms in total. The number of nitrogens with one attached hydrogen (secondary N) is 2. The first kappa shape index (κ1) is 23.5. The lowest BCUT2D eigenvalue weighted by atomic mass is 9.84. The predicted octanol–water partition coefficient (Wildman–Crippen LogP) is 0.696. The van der Waals surface area contributed by atoms with Gasteiger partial charge in [-0.25, -0.2) is 4.39 Å². The van der Waals surface area contributed by atoms with Crippen LogP contribution in [0.5, 0.6) is 5.75 Å². The van der Waals surface area contributed by atoms with Gasteiger partial charge in [-0.15, -0.1) is 0 Å². The van der Waals surface area contributed by atoms with E-state index in [4.69, 9.17) is 4.74 Å². The summed E-state index contributed by atoms with van der Waals surface area (Å²) in [5, 5.41) is 5.59. The lowest BCUT2D eigenvalue weighted by molar-refractivity contribution is -0.150. The van der Waals surface area contributed by atoms with Crippen LogP contribution in [0.2, 0.25) is 0 Å². The van der Waals surface area contributed by atoms with Gasteiger partial charge < -0.3 is 25.0 Å². The second kappa shape index (κ2) is 9.97. The molecule has 2 atom stereocenters. The Kier molecular flexibility index (Phi) is 7.32. The molecule has 3 rings (SSSR count). The van der Waals surface area contributed by atoms with Crippen molar-refractivity contribution < 1.29 is 33.0 Å². The molecule has 2 saturated heterocycles. The van der Waals surface area contributed by atoms with Gasteiger partial charge in [0.15, 0.2) is 0 Å². The number of halogens is 1. The molecule has 2 heterocycles. The van der Waals surface area contributed by atoms with Crippen LogP contribution in [0.1, 0.15) is 37.7 Å². The van der Waals surface area contributed by atoms with E-state index in [1.807, 2.05) is 0 Å². The molecule has 2 N–H and O–H groups in total. The monoisotopic (exact) mass is 449 g/mol. The van der Waals surface area contributed by atoms with Crippen molar-refractivity contribution in [2.24, 2.45) is 0 Å². The van der Waals surface area contributed by atoms with Crippen molar-refractivity contribution in [1.29, 1.82) is 0 Å². The smallest absolute Gasteiger partial charge is 0.308 e. The lowest BCUT2D eigenvalue weighted by Gasteiger charge is -2.36. The third-order valence-corrected chi connectivity index (χ3v) is 6.08. The second-order valence-corrected chi connectivity index (χ2v) is 8.14. The molecule has 0 bridgehead atoms. The zero-order chi connectivity index (χ0) is 23.3. The van der Waals surface area contributed by atoms with Gasteiger partial charge in [0.25, 0.3) is 0 Å². The van der Waals surface area contributed by atoms with Gasteiger partial charge in [0, 0.05) is 37.5 Å². The van der Waals surface area contributed by atoms with Gasteiger partial charge in [-0.3, -0.25) is 19.2 Å². The Bertz CT molecular complexity index is 908. The first-order chi connectivity index (χ1) is 15.3. The summed E-state index contributed by atoms with van der Waals surface area (Å²) in [6.07, 6.45) is 1.09. The van der Waals surface area contributed by atoms with Crippen LogP contribution in [0.15, 0.2) is 18.2 Å². The Labute approximate surface area is 185 Å². The van der Waals surface area contributed by atoms with Crippen molar-refractivity contribution in [2.75, 3.05) is 27.3 Å². The van der Waals surface area contributed by atoms with Crippen LogP contribution in [-0.4, -0.2) is 67.5 Å². The molecule has 1 aromatic rings. The summed E-state index contributed by atoms with van der Waals surface area (Å²) in [6, 6.07) is 3.62. The van der Waals surface area contributed by atoms with Crippen molar-refractivity contribution in [1.82, 2.24) is 15.5 Å². The zero-order valence-electron chi connectivity index (χ0n) is 18.2. The third-order valence-electron chi connectivity index (χ3n) is 6.08. The van der Waals surface area contributed by atoms with Crippen molar-refractivity contribution >= 4 is 23.7 Å². The van der Waals surface area contributed by atoms with Gasteiger partial charge in [0.05, 0.1) is 20.6 Å². The maximum Gasteiger partial charge on any atom is 0.308 e. The maximum absolute atomic E-state index is 14.5. The van der Waals surface area contributed by atoms with Gasteiger partial charge in [0.2, 0.25) is 17.7 Å². The Morgan fingerprint density at radius 1 is 1.28 bits per heavy atom. The van der Waals surface area contributed by atoms with Crippen LogP contribution in [0.3, 0.4) is 0 Å². The first-order valence-corrected chi connectivity index (χ1v) is 10.5. The Hall–Kier alpha value is -3.17. The van der Waals surface area contributed by atoms with Crippen molar-refractivity contribution in [3.63, 3.8) is 0 Å². The van der Waals surface area contributed by atoms with E-state index in [-0.39, 0.29) is 44.0 Å². The van der Waals surface area contributed by atoms with Gasteiger partial charge in [0.1, 0.15) is 17.6 Å². The molecule has 2 unspecified atom stereocenters. The standard InChI is InChI=1S/C22H28FN3O6/c1-31-15-4-3-14(16(23)11-15)13-22(7-5-18(27)25-22)8-6-19(28)26-10-9-24-21(30)17(26)12-20(29)32-2/h3-4,11,17H,5-10,12-13H2,1-2H3,(H,24,30)(H,25,27). The quantitative estimate of drug-likeness (QED) is 0.565. The number of methoxy groups -OCH3 is 2. The minimum absolute atomic E-state index is 0.0446. The Balaban J connectivity index is 1.72. The predicted molar refractivity (Wildman–Crippen MR) is 111 cm³/mol. The highest BCUT2D eigenvalue weighted by Gasteiger charge is 2.40. The number of esters is 1. The number of carbonyl (C=O) groups excluding carboxylic acids is 4. The Morgan fingerprint density at radius 2 is 2.06 bits per heavy atom. The number of hydrogen-bond donors (Lipinski definition) is 2. The molecule has 2 aliphatic rings. The summed E-state index contributed by atoms with van der Waals surface area (Å²) in [7, 11) is 2.67. The van der Waals surface area contributed by atoms with E-state index in [0.717, 1.165) is 0 Å². The summed E-state index contributed by atoms with van der Waals surface area (Å²) >= 11 is 0. The highest BCUT2D eigenvalue weighted by molar-refractivity contribution is 5.92. The molecule has 32 heavy (non-hydrogen) atoms. The van der Waals surface area contributed by atoms with Crippen molar-refractivity contribution in [3.05, 3.63) is 29.6 Å². The number of amides is 3. The number of carbonyl (C=O) groups is 4. The zero-order valence-corrected chi connectivity index (χ0v) is 18.2. The number of hydrogen-bond acceptors (Lipinski definition) is 6. The van der Waals surface area contributed by atoms with Crippen LogP contribution in [0.25, 0.3) is 0 Å². The molecule has 2 fully saturated rings. The van der Waals surface area contributed by atoms with Gasteiger partial charge in [-0.2, -0.15) is 0 Å². The SMILES string of the molecule is COC(=O)CC1C(=O)NCCN1C(=O)CCC1(Cc2ccc(OC)cc2F)CCC(=O)N1. The lowest BCUT2D eigenvalue weighted by Crippen LogP contribution is -2.58. The van der Waals surface area contributed by atoms with Crippen LogP contribution >= 0.6 is 0 Å². The van der Waals surface area contributed by atoms with E-state index in [0.29, 0.717) is 30.7 Å². The number of ether oxygens (including phenoxy) is 2. The highest BCUT2D eigenvalue weighted by atomic mass is 19.1. The topological polar surface area (TPSA) is 114 Å². The normalized spacial score (nSPS) is 22.8. The molecule has 2 aliphatic heterocycles. The summed E-state index contributed by atoms with van der Waals surface area (Å²) < 4.78 is 24.2. The summed E-state index contributed by atoms with van der Waals surface area (Å²) in [5.41, 5.74) is -0.348. The fourth-order valence-electron chi connectivity index (χ4n) is 4.29. The molecule has 3 amide bonds. The molecule has 0 spiro atoms. The maximum atomic E-state index is 14.5. The number of piperazine rings is 1. The van der Waals surface area contributed by atoms with E-state index >= 15 is 0 Å². The minimum atomic E-state index is -0.933. The van der Waals surface area contributed by atoms with E-state index in [9.17, 15) is 23.6 Å². The van der Waals surface area contributed by atoms with Gasteiger partial charge >= 0.3 is 5.97 Å². The number of nitrogens with zero attached hydrogens (tertiary/aromatic N) is 1. The second-order valence-electron chi connectivity index (χ2n) is 8.14. The molecule has 0 radical (unpaired) electrons. The summed E-state index contributed by atoms with van der Waals surface area (Å²) in [6.45, 7) is 0.569. The van der Waals surface area contributed by atoms with Crippen molar-refractivity contribution in [3.8, 4) is 5.75 Å². The fourth-order valence-corrected chi connectivity index (χ4v) is 4.29. The largest absolute Gasteiger partial charge is 0.497 e. The minimum Gasteiger partial charge on any atom is -0.497 e. The van der Waals surface area contributed by atoms with E-state index in [1.54, 1.807) is 12.1 Å². The molecular weight excluding hydrogens is 421 g/mol. The molecule has 1 aromatic carbocycles. The molecule has 10 heteroatoms. The average molecular weight is 449 g/mol. The molecule has 174 valence electrons. The van der Waals surface area contributed by atoms with E-state index in [2.05, 4.69) is 15.4 Å². The third kappa shape index (κ3) is 5.35. The van der Waals surface area contributed by atoms with E-state index < -0.39 is 29.3 Å². The van der Waals surface area contributed by atoms with Crippen LogP contribution in [-0.2, 0) is 30.3 Å². The van der Waals surface area contributed by atoms with Gasteiger partial charge in [-0.1, -0.05) is 6.07 Å². The molecule has 0 saturated carbocycles. The fraction of sp³-hybridized carbons (Fsp3) is 0.545. The summed E-state index contributed by atoms with van der Waals surface area (Å²) in [5.74, 6) is -1.48. The van der Waals surface area contributed by atoms with Crippen molar-refractivity contribution in [2.45, 2.75) is 50.1 Å². The Morgan fingerprint density at radius 3 is 2.69 bits per heavy atom. The molecule has 0 aliphatic carbocycles. The first-order valence-electron chi connectivity index (χ1n) is 10.5. The molecular formula is C22H28FN3O6.